The summed E-state index contributed by atoms with van der Waals surface area (Å²) < 4.78 is 41.0. The third-order valence-electron chi connectivity index (χ3n) is 6.27. The lowest BCUT2D eigenvalue weighted by molar-refractivity contribution is -0.127. The van der Waals surface area contributed by atoms with Gasteiger partial charge in [-0.2, -0.15) is 0 Å². The van der Waals surface area contributed by atoms with Crippen LogP contribution >= 0.6 is 11.6 Å². The third-order valence-corrected chi connectivity index (χ3v) is 8.83. The molecule has 0 aliphatic carbocycles. The van der Waals surface area contributed by atoms with E-state index < -0.39 is 21.1 Å². The zero-order valence-electron chi connectivity index (χ0n) is 17.4. The number of hydrogen-bond acceptors (Lipinski definition) is 5. The minimum atomic E-state index is -3.48. The summed E-state index contributed by atoms with van der Waals surface area (Å²) in [6.07, 6.45) is 2.19. The number of halogens is 2. The van der Waals surface area contributed by atoms with Crippen LogP contribution in [0.4, 0.5) is 4.39 Å². The van der Waals surface area contributed by atoms with Gasteiger partial charge < -0.3 is 9.88 Å². The smallest absolute Gasteiger partial charge is 0.219 e. The Bertz CT molecular complexity index is 1070. The van der Waals surface area contributed by atoms with Crippen LogP contribution < -0.4 is 0 Å². The molecule has 2 saturated heterocycles. The van der Waals surface area contributed by atoms with Crippen LogP contribution in [-0.2, 0) is 14.8 Å². The number of nitrogens with one attached hydrogen (secondary N) is 1. The topological polar surface area (TPSA) is 99.3 Å². The first kappa shape index (κ1) is 22.2. The van der Waals surface area contributed by atoms with Crippen molar-refractivity contribution in [3.8, 4) is 11.5 Å². The number of imidazole rings is 1. The minimum absolute atomic E-state index is 0.0120. The van der Waals surface area contributed by atoms with E-state index >= 15 is 0 Å². The second kappa shape index (κ2) is 8.48. The van der Waals surface area contributed by atoms with Gasteiger partial charge in [0.2, 0.25) is 15.9 Å². The van der Waals surface area contributed by atoms with Crippen LogP contribution in [0.5, 0.6) is 0 Å². The van der Waals surface area contributed by atoms with Gasteiger partial charge in [-0.25, -0.2) is 27.1 Å². The van der Waals surface area contributed by atoms with E-state index in [9.17, 15) is 17.6 Å². The Morgan fingerprint density at radius 2 is 2.03 bits per heavy atom. The predicted molar refractivity (Wildman–Crippen MR) is 114 cm³/mol. The van der Waals surface area contributed by atoms with E-state index in [-0.39, 0.29) is 24.3 Å². The lowest BCUT2D eigenvalue weighted by Gasteiger charge is -2.37. The normalized spacial score (nSPS) is 25.2. The second-order valence-corrected chi connectivity index (χ2v) is 10.9. The Balaban J connectivity index is 1.47. The molecule has 0 radical (unpaired) electrons. The lowest BCUT2D eigenvalue weighted by atomic mass is 9.86. The average Bonchev–Trinajstić information content (AvgIpc) is 3.36. The van der Waals surface area contributed by atoms with E-state index in [0.29, 0.717) is 49.1 Å². The molecule has 2 aromatic rings. The van der Waals surface area contributed by atoms with Gasteiger partial charge in [0.25, 0.3) is 0 Å². The zero-order chi connectivity index (χ0) is 22.3. The van der Waals surface area contributed by atoms with Gasteiger partial charge >= 0.3 is 0 Å². The molecule has 2 fully saturated rings. The van der Waals surface area contributed by atoms with E-state index in [2.05, 4.69) is 15.0 Å². The Morgan fingerprint density at radius 3 is 2.65 bits per heavy atom. The summed E-state index contributed by atoms with van der Waals surface area (Å²) in [6, 6.07) is 2.83. The van der Waals surface area contributed by atoms with E-state index in [4.69, 9.17) is 11.6 Å². The van der Waals surface area contributed by atoms with Crippen LogP contribution in [0, 0.1) is 11.7 Å². The maximum absolute atomic E-state index is 13.1. The number of likely N-dealkylation sites (tertiary alicyclic amines) is 1. The molecule has 2 aromatic heterocycles. The standard InChI is InChI=1S/C20H25ClFN5O3S/c1-12-10-27(31(29,30)15-5-7-26(11-15)13(2)28)8-6-16(12)18-19(21)25-20(24-18)17-4-3-14(22)9-23-17/h3-4,9,12,15-16H,5-8,10-11H2,1-2H3,(H,24,25)/t12-,15?,16+/m0/s1. The number of pyridine rings is 1. The molecule has 2 aliphatic heterocycles. The number of sulfonamides is 1. The quantitative estimate of drug-likeness (QED) is 0.742. The van der Waals surface area contributed by atoms with Gasteiger partial charge in [-0.1, -0.05) is 18.5 Å². The zero-order valence-corrected chi connectivity index (χ0v) is 19.0. The Kier molecular flexibility index (Phi) is 6.06. The summed E-state index contributed by atoms with van der Waals surface area (Å²) in [5.74, 6) is -0.0427. The highest BCUT2D eigenvalue weighted by molar-refractivity contribution is 7.89. The van der Waals surface area contributed by atoms with Gasteiger partial charge in [-0.3, -0.25) is 4.79 Å². The number of rotatable bonds is 4. The lowest BCUT2D eigenvalue weighted by Crippen LogP contribution is -2.47. The van der Waals surface area contributed by atoms with Crippen molar-refractivity contribution in [3.63, 3.8) is 0 Å². The van der Waals surface area contributed by atoms with E-state index in [1.165, 1.54) is 19.1 Å². The van der Waals surface area contributed by atoms with Gasteiger partial charge in [0, 0.05) is 39.0 Å². The van der Waals surface area contributed by atoms with Crippen LogP contribution in [0.3, 0.4) is 0 Å². The number of amides is 1. The number of piperidine rings is 1. The first-order valence-electron chi connectivity index (χ1n) is 10.3. The summed E-state index contributed by atoms with van der Waals surface area (Å²) in [7, 11) is -3.48. The number of carbonyl (C=O) groups excluding carboxylic acids is 1. The molecule has 0 aromatic carbocycles. The number of hydrogen-bond donors (Lipinski definition) is 1. The molecular formula is C20H25ClFN5O3S. The number of aromatic nitrogens is 3. The average molecular weight is 470 g/mol. The fourth-order valence-electron chi connectivity index (χ4n) is 4.48. The molecule has 168 valence electrons. The fraction of sp³-hybridized carbons (Fsp3) is 0.550. The van der Waals surface area contributed by atoms with Crippen molar-refractivity contribution in [2.45, 2.75) is 37.9 Å². The van der Waals surface area contributed by atoms with Crippen molar-refractivity contribution >= 4 is 27.5 Å². The highest BCUT2D eigenvalue weighted by Crippen LogP contribution is 2.38. The third kappa shape index (κ3) is 4.33. The largest absolute Gasteiger partial charge is 0.342 e. The Morgan fingerprint density at radius 1 is 1.26 bits per heavy atom. The molecule has 1 amide bonds. The van der Waals surface area contributed by atoms with Gasteiger partial charge in [0.1, 0.15) is 11.5 Å². The van der Waals surface area contributed by atoms with Crippen molar-refractivity contribution in [1.82, 2.24) is 24.2 Å². The first-order valence-corrected chi connectivity index (χ1v) is 12.2. The Labute approximate surface area is 185 Å². The molecule has 1 unspecified atom stereocenters. The molecule has 31 heavy (non-hydrogen) atoms. The van der Waals surface area contributed by atoms with Crippen LogP contribution in [0.1, 0.15) is 38.3 Å². The first-order chi connectivity index (χ1) is 14.7. The van der Waals surface area contributed by atoms with E-state index in [1.807, 2.05) is 6.92 Å². The summed E-state index contributed by atoms with van der Waals surface area (Å²) in [5, 5.41) is -0.228. The molecule has 1 N–H and O–H groups in total. The molecule has 2 aliphatic rings. The number of nitrogens with zero attached hydrogens (tertiary/aromatic N) is 4. The van der Waals surface area contributed by atoms with Crippen molar-refractivity contribution in [3.05, 3.63) is 35.0 Å². The van der Waals surface area contributed by atoms with Crippen LogP contribution in [0.15, 0.2) is 18.3 Å². The van der Waals surface area contributed by atoms with Crippen LogP contribution in [0.2, 0.25) is 5.15 Å². The summed E-state index contributed by atoms with van der Waals surface area (Å²) in [4.78, 5) is 24.7. The summed E-state index contributed by atoms with van der Waals surface area (Å²) in [6.45, 7) is 4.96. The van der Waals surface area contributed by atoms with Gasteiger partial charge in [0.15, 0.2) is 11.0 Å². The Hall–Kier alpha value is -2.04. The highest BCUT2D eigenvalue weighted by Gasteiger charge is 2.41. The SMILES string of the molecule is CC(=O)N1CCC(S(=O)(=O)N2CC[C@@H](c3[nH]c(-c4ccc(F)cn4)nc3Cl)[C@@H](C)C2)C1. The van der Waals surface area contributed by atoms with Crippen LogP contribution in [0.25, 0.3) is 11.5 Å². The van der Waals surface area contributed by atoms with E-state index in [1.54, 1.807) is 9.21 Å². The van der Waals surface area contributed by atoms with Crippen LogP contribution in [-0.4, -0.2) is 69.9 Å². The van der Waals surface area contributed by atoms with Crippen molar-refractivity contribution in [2.24, 2.45) is 5.92 Å². The predicted octanol–water partition coefficient (Wildman–Crippen LogP) is 2.64. The van der Waals surface area contributed by atoms with Gasteiger partial charge in [0.05, 0.1) is 17.1 Å². The second-order valence-electron chi connectivity index (χ2n) is 8.30. The van der Waals surface area contributed by atoms with Crippen molar-refractivity contribution in [1.29, 1.82) is 0 Å². The molecular weight excluding hydrogens is 445 g/mol. The summed E-state index contributed by atoms with van der Waals surface area (Å²) >= 11 is 6.39. The molecule has 3 atom stereocenters. The molecule has 8 nitrogen and oxygen atoms in total. The van der Waals surface area contributed by atoms with Crippen molar-refractivity contribution in [2.75, 3.05) is 26.2 Å². The maximum atomic E-state index is 13.1. The molecule has 11 heteroatoms. The monoisotopic (exact) mass is 469 g/mol. The van der Waals surface area contributed by atoms with E-state index in [0.717, 1.165) is 11.9 Å². The highest BCUT2D eigenvalue weighted by atomic mass is 35.5. The molecule has 0 bridgehead atoms. The number of carbonyl (C=O) groups is 1. The minimum Gasteiger partial charge on any atom is -0.342 e. The van der Waals surface area contributed by atoms with Gasteiger partial charge in [-0.15, -0.1) is 0 Å². The molecule has 0 spiro atoms. The molecule has 4 heterocycles. The number of H-pyrrole nitrogens is 1. The summed E-state index contributed by atoms with van der Waals surface area (Å²) in [5.41, 5.74) is 1.23. The molecule has 0 saturated carbocycles. The van der Waals surface area contributed by atoms with Crippen molar-refractivity contribution < 1.29 is 17.6 Å². The van der Waals surface area contributed by atoms with Gasteiger partial charge in [-0.05, 0) is 30.9 Å². The maximum Gasteiger partial charge on any atom is 0.219 e. The fourth-order valence-corrected chi connectivity index (χ4v) is 6.75. The number of aromatic amines is 1. The molecule has 4 rings (SSSR count).